The third-order valence-electron chi connectivity index (χ3n) is 5.12. The van der Waals surface area contributed by atoms with Gasteiger partial charge in [-0.1, -0.05) is 6.07 Å². The van der Waals surface area contributed by atoms with Gasteiger partial charge in [0.05, 0.1) is 6.61 Å². The molecule has 3 rings (SSSR count). The van der Waals surface area contributed by atoms with Crippen molar-refractivity contribution in [3.8, 4) is 5.75 Å². The van der Waals surface area contributed by atoms with E-state index in [1.165, 1.54) is 12.1 Å². The fraction of sp³-hybridized carbons (Fsp3) is 0.409. The third kappa shape index (κ3) is 5.22. The summed E-state index contributed by atoms with van der Waals surface area (Å²) in [6.45, 7) is 2.19. The molecule has 0 saturated carbocycles. The van der Waals surface area contributed by atoms with Crippen LogP contribution in [0.3, 0.4) is 0 Å². The van der Waals surface area contributed by atoms with Crippen molar-refractivity contribution < 1.29 is 13.9 Å². The number of piperidine rings is 1. The average molecular weight is 370 g/mol. The van der Waals surface area contributed by atoms with Gasteiger partial charge in [0.15, 0.2) is 0 Å². The molecule has 0 radical (unpaired) electrons. The Hall–Kier alpha value is -2.56. The van der Waals surface area contributed by atoms with Crippen LogP contribution in [0.5, 0.6) is 5.75 Å². The predicted molar refractivity (Wildman–Crippen MR) is 106 cm³/mol. The van der Waals surface area contributed by atoms with Crippen LogP contribution < -0.4 is 9.64 Å². The summed E-state index contributed by atoms with van der Waals surface area (Å²) in [4.78, 5) is 16.7. The van der Waals surface area contributed by atoms with E-state index in [9.17, 15) is 9.18 Å². The van der Waals surface area contributed by atoms with Crippen molar-refractivity contribution in [2.75, 3.05) is 38.7 Å². The minimum absolute atomic E-state index is 0.111. The maximum Gasteiger partial charge on any atom is 0.253 e. The molecule has 4 nitrogen and oxygen atoms in total. The zero-order valence-electron chi connectivity index (χ0n) is 16.0. The van der Waals surface area contributed by atoms with Gasteiger partial charge in [-0.05, 0) is 67.6 Å². The molecule has 0 atom stereocenters. The average Bonchev–Trinajstić information content (AvgIpc) is 2.69. The van der Waals surface area contributed by atoms with Gasteiger partial charge in [-0.25, -0.2) is 4.39 Å². The molecule has 0 bridgehead atoms. The lowest BCUT2D eigenvalue weighted by Crippen LogP contribution is -2.38. The molecule has 0 N–H and O–H groups in total. The van der Waals surface area contributed by atoms with Gasteiger partial charge in [-0.3, -0.25) is 4.79 Å². The second-order valence-corrected chi connectivity index (χ2v) is 7.27. The molecular weight excluding hydrogens is 343 g/mol. The van der Waals surface area contributed by atoms with Crippen molar-refractivity contribution in [2.24, 2.45) is 5.92 Å². The number of carbonyl (C=O) groups excluding carboxylic acids is 1. The van der Waals surface area contributed by atoms with Crippen molar-refractivity contribution in [3.63, 3.8) is 0 Å². The highest BCUT2D eigenvalue weighted by Gasteiger charge is 2.23. The zero-order valence-corrected chi connectivity index (χ0v) is 16.0. The number of anilines is 1. The van der Waals surface area contributed by atoms with Crippen molar-refractivity contribution in [1.82, 2.24) is 4.90 Å². The zero-order chi connectivity index (χ0) is 19.2. The Morgan fingerprint density at radius 1 is 1.15 bits per heavy atom. The van der Waals surface area contributed by atoms with Gasteiger partial charge in [-0.2, -0.15) is 0 Å². The molecule has 0 unspecified atom stereocenters. The van der Waals surface area contributed by atoms with E-state index in [4.69, 9.17) is 4.74 Å². The summed E-state index contributed by atoms with van der Waals surface area (Å²) in [6, 6.07) is 13.9. The first kappa shape index (κ1) is 19.2. The van der Waals surface area contributed by atoms with Crippen molar-refractivity contribution in [2.45, 2.75) is 19.3 Å². The monoisotopic (exact) mass is 370 g/mol. The van der Waals surface area contributed by atoms with Gasteiger partial charge in [0, 0.05) is 38.4 Å². The lowest BCUT2D eigenvalue weighted by molar-refractivity contribution is 0.0680. The van der Waals surface area contributed by atoms with E-state index >= 15 is 0 Å². The number of halogens is 1. The maximum absolute atomic E-state index is 12.9. The SMILES string of the molecule is CN(C)c1cccc(C(=O)N2CCC(CCOc3ccc(F)cc3)CC2)c1. The fourth-order valence-electron chi connectivity index (χ4n) is 3.40. The summed E-state index contributed by atoms with van der Waals surface area (Å²) in [7, 11) is 3.95. The quantitative estimate of drug-likeness (QED) is 0.763. The van der Waals surface area contributed by atoms with Crippen molar-refractivity contribution in [1.29, 1.82) is 0 Å². The molecule has 2 aromatic rings. The summed E-state index contributed by atoms with van der Waals surface area (Å²) in [5, 5.41) is 0. The third-order valence-corrected chi connectivity index (χ3v) is 5.12. The van der Waals surface area contributed by atoms with Gasteiger partial charge in [0.1, 0.15) is 11.6 Å². The molecule has 1 aliphatic heterocycles. The highest BCUT2D eigenvalue weighted by atomic mass is 19.1. The molecular formula is C22H27FN2O2. The van der Waals surface area contributed by atoms with Crippen LogP contribution in [-0.4, -0.2) is 44.6 Å². The molecule has 1 aliphatic rings. The maximum atomic E-state index is 12.9. The first-order valence-corrected chi connectivity index (χ1v) is 9.48. The van der Waals surface area contributed by atoms with Crippen LogP contribution in [-0.2, 0) is 0 Å². The lowest BCUT2D eigenvalue weighted by atomic mass is 9.93. The number of amides is 1. The van der Waals surface area contributed by atoms with Crippen LogP contribution in [0.25, 0.3) is 0 Å². The van der Waals surface area contributed by atoms with Crippen LogP contribution in [0.4, 0.5) is 10.1 Å². The molecule has 144 valence electrons. The Labute approximate surface area is 160 Å². The number of ether oxygens (including phenoxy) is 1. The highest BCUT2D eigenvalue weighted by molar-refractivity contribution is 5.95. The number of likely N-dealkylation sites (tertiary alicyclic amines) is 1. The van der Waals surface area contributed by atoms with E-state index in [1.807, 2.05) is 48.2 Å². The van der Waals surface area contributed by atoms with Gasteiger partial charge >= 0.3 is 0 Å². The molecule has 5 heteroatoms. The molecule has 1 amide bonds. The summed E-state index contributed by atoms with van der Waals surface area (Å²) < 4.78 is 18.6. The van der Waals surface area contributed by atoms with E-state index in [2.05, 4.69) is 0 Å². The highest BCUT2D eigenvalue weighted by Crippen LogP contribution is 2.23. The second-order valence-electron chi connectivity index (χ2n) is 7.27. The molecule has 0 aliphatic carbocycles. The van der Waals surface area contributed by atoms with Crippen LogP contribution >= 0.6 is 0 Å². The lowest BCUT2D eigenvalue weighted by Gasteiger charge is -2.32. The van der Waals surface area contributed by atoms with Crippen molar-refractivity contribution in [3.05, 3.63) is 59.9 Å². The number of rotatable bonds is 6. The Kier molecular flexibility index (Phi) is 6.32. The van der Waals surface area contributed by atoms with E-state index in [-0.39, 0.29) is 11.7 Å². The van der Waals surface area contributed by atoms with Gasteiger partial charge < -0.3 is 14.5 Å². The standard InChI is InChI=1S/C22H27FN2O2/c1-24(2)20-5-3-4-18(16-20)22(26)25-13-10-17(11-14-25)12-15-27-21-8-6-19(23)7-9-21/h3-9,16-17H,10-15H2,1-2H3. The fourth-order valence-corrected chi connectivity index (χ4v) is 3.40. The first-order valence-electron chi connectivity index (χ1n) is 9.48. The van der Waals surface area contributed by atoms with Crippen LogP contribution in [0, 0.1) is 11.7 Å². The summed E-state index contributed by atoms with van der Waals surface area (Å²) in [5.74, 6) is 1.11. The second kappa shape index (κ2) is 8.89. The molecule has 2 aromatic carbocycles. The largest absolute Gasteiger partial charge is 0.494 e. The summed E-state index contributed by atoms with van der Waals surface area (Å²) >= 11 is 0. The van der Waals surface area contributed by atoms with Gasteiger partial charge in [-0.15, -0.1) is 0 Å². The van der Waals surface area contributed by atoms with Gasteiger partial charge in [0.2, 0.25) is 0 Å². The molecule has 0 aromatic heterocycles. The topological polar surface area (TPSA) is 32.8 Å². The molecule has 1 saturated heterocycles. The number of nitrogens with zero attached hydrogens (tertiary/aromatic N) is 2. The van der Waals surface area contributed by atoms with Crippen molar-refractivity contribution >= 4 is 11.6 Å². The summed E-state index contributed by atoms with van der Waals surface area (Å²) in [5.41, 5.74) is 1.79. The minimum atomic E-state index is -0.254. The molecule has 0 spiro atoms. The Morgan fingerprint density at radius 3 is 2.52 bits per heavy atom. The van der Waals surface area contributed by atoms with E-state index in [1.54, 1.807) is 12.1 Å². The first-order chi connectivity index (χ1) is 13.0. The Balaban J connectivity index is 1.45. The van der Waals surface area contributed by atoms with Crippen LogP contribution in [0.1, 0.15) is 29.6 Å². The minimum Gasteiger partial charge on any atom is -0.494 e. The number of benzene rings is 2. The molecule has 27 heavy (non-hydrogen) atoms. The Morgan fingerprint density at radius 2 is 1.85 bits per heavy atom. The van der Waals surface area contributed by atoms with Crippen LogP contribution in [0.15, 0.2) is 48.5 Å². The molecule has 1 fully saturated rings. The van der Waals surface area contributed by atoms with E-state index in [0.717, 1.165) is 43.6 Å². The smallest absolute Gasteiger partial charge is 0.253 e. The molecule has 1 heterocycles. The van der Waals surface area contributed by atoms with Crippen LogP contribution in [0.2, 0.25) is 0 Å². The number of hydrogen-bond acceptors (Lipinski definition) is 3. The van der Waals surface area contributed by atoms with E-state index in [0.29, 0.717) is 18.3 Å². The Bertz CT molecular complexity index is 753. The van der Waals surface area contributed by atoms with Gasteiger partial charge in [0.25, 0.3) is 5.91 Å². The predicted octanol–water partition coefficient (Wildman–Crippen LogP) is 4.21. The number of carbonyl (C=O) groups is 1. The number of hydrogen-bond donors (Lipinski definition) is 0. The van der Waals surface area contributed by atoms with E-state index < -0.39 is 0 Å². The summed E-state index contributed by atoms with van der Waals surface area (Å²) in [6.07, 6.45) is 2.94. The normalized spacial score (nSPS) is 14.9.